The lowest BCUT2D eigenvalue weighted by atomic mass is 10.1. The Morgan fingerprint density at radius 1 is 1.21 bits per heavy atom. The third-order valence-corrected chi connectivity index (χ3v) is 5.03. The molecule has 2 aromatic rings. The van der Waals surface area contributed by atoms with Crippen LogP contribution >= 0.6 is 0 Å². The van der Waals surface area contributed by atoms with Gasteiger partial charge in [0, 0.05) is 33.2 Å². The number of carbonyl (C=O) groups excluding carboxylic acids is 1. The molecular formula is C18H22N4O2. The molecule has 0 unspecified atom stereocenters. The number of rotatable bonds is 3. The SMILES string of the molecule is CO[C@H]1C[C@@H](C(=O)N2CCCC2)N(c2cnc3ccccc3n2)C1. The fourth-order valence-electron chi connectivity index (χ4n) is 3.69. The first-order chi connectivity index (χ1) is 11.8. The summed E-state index contributed by atoms with van der Waals surface area (Å²) in [6.07, 6.45) is 4.73. The maximum atomic E-state index is 12.9. The minimum absolute atomic E-state index is 0.0508. The molecule has 2 fully saturated rings. The van der Waals surface area contributed by atoms with Crippen molar-refractivity contribution in [2.75, 3.05) is 31.6 Å². The number of likely N-dealkylation sites (tertiary alicyclic amines) is 1. The summed E-state index contributed by atoms with van der Waals surface area (Å²) in [5.74, 6) is 0.952. The number of methoxy groups -OCH3 is 1. The van der Waals surface area contributed by atoms with Crippen molar-refractivity contribution < 1.29 is 9.53 Å². The van der Waals surface area contributed by atoms with Crippen molar-refractivity contribution in [3.8, 4) is 0 Å². The van der Waals surface area contributed by atoms with Gasteiger partial charge in [-0.2, -0.15) is 0 Å². The second-order valence-corrected chi connectivity index (χ2v) is 6.51. The van der Waals surface area contributed by atoms with Crippen LogP contribution in [-0.2, 0) is 9.53 Å². The third-order valence-electron chi connectivity index (χ3n) is 5.03. The third kappa shape index (κ3) is 2.71. The van der Waals surface area contributed by atoms with E-state index < -0.39 is 0 Å². The summed E-state index contributed by atoms with van der Waals surface area (Å²) in [5, 5.41) is 0. The molecule has 0 bridgehead atoms. The molecule has 2 aliphatic heterocycles. The molecule has 2 saturated heterocycles. The molecule has 0 radical (unpaired) electrons. The van der Waals surface area contributed by atoms with Gasteiger partial charge < -0.3 is 14.5 Å². The number of anilines is 1. The van der Waals surface area contributed by atoms with Crippen LogP contribution in [0, 0.1) is 0 Å². The minimum Gasteiger partial charge on any atom is -0.380 e. The topological polar surface area (TPSA) is 58.6 Å². The number of hydrogen-bond donors (Lipinski definition) is 0. The van der Waals surface area contributed by atoms with E-state index in [4.69, 9.17) is 9.72 Å². The quantitative estimate of drug-likeness (QED) is 0.861. The van der Waals surface area contributed by atoms with Crippen LogP contribution in [0.3, 0.4) is 0 Å². The second-order valence-electron chi connectivity index (χ2n) is 6.51. The van der Waals surface area contributed by atoms with Crippen molar-refractivity contribution in [3.05, 3.63) is 30.5 Å². The average Bonchev–Trinajstić information content (AvgIpc) is 3.30. The number of benzene rings is 1. The number of hydrogen-bond acceptors (Lipinski definition) is 5. The highest BCUT2D eigenvalue weighted by atomic mass is 16.5. The number of para-hydroxylation sites is 2. The van der Waals surface area contributed by atoms with Gasteiger partial charge in [0.25, 0.3) is 0 Å². The zero-order chi connectivity index (χ0) is 16.5. The first-order valence-electron chi connectivity index (χ1n) is 8.56. The normalized spacial score (nSPS) is 24.0. The van der Waals surface area contributed by atoms with E-state index in [-0.39, 0.29) is 18.1 Å². The number of amides is 1. The molecule has 1 amide bonds. The number of fused-ring (bicyclic) bond motifs is 1. The van der Waals surface area contributed by atoms with Gasteiger partial charge in [-0.05, 0) is 25.0 Å². The predicted molar refractivity (Wildman–Crippen MR) is 91.9 cm³/mol. The summed E-state index contributed by atoms with van der Waals surface area (Å²) in [6.45, 7) is 2.40. The van der Waals surface area contributed by atoms with Crippen LogP contribution in [0.1, 0.15) is 19.3 Å². The molecule has 1 aromatic heterocycles. The Kier molecular flexibility index (Phi) is 4.06. The molecule has 0 N–H and O–H groups in total. The zero-order valence-corrected chi connectivity index (χ0v) is 13.9. The van der Waals surface area contributed by atoms with E-state index in [1.807, 2.05) is 29.2 Å². The van der Waals surface area contributed by atoms with Crippen LogP contribution in [0.4, 0.5) is 5.82 Å². The highest BCUT2D eigenvalue weighted by Gasteiger charge is 2.40. The van der Waals surface area contributed by atoms with Gasteiger partial charge in [0.2, 0.25) is 5.91 Å². The molecule has 0 aliphatic carbocycles. The molecule has 6 nitrogen and oxygen atoms in total. The largest absolute Gasteiger partial charge is 0.380 e. The van der Waals surface area contributed by atoms with Gasteiger partial charge in [0.15, 0.2) is 0 Å². The molecule has 2 aliphatic rings. The first kappa shape index (κ1) is 15.3. The van der Waals surface area contributed by atoms with E-state index in [1.165, 1.54) is 0 Å². The standard InChI is InChI=1S/C18H22N4O2/c1-24-13-10-16(18(23)21-8-4-5-9-21)22(12-13)17-11-19-14-6-2-3-7-15(14)20-17/h2-3,6-7,11,13,16H,4-5,8-10,12H2,1H3/t13-,16-/m0/s1. The van der Waals surface area contributed by atoms with Crippen LogP contribution in [-0.4, -0.2) is 59.7 Å². The Morgan fingerprint density at radius 3 is 2.71 bits per heavy atom. The number of nitrogens with zero attached hydrogens (tertiary/aromatic N) is 4. The van der Waals surface area contributed by atoms with Gasteiger partial charge in [-0.25, -0.2) is 4.98 Å². The van der Waals surface area contributed by atoms with Crippen molar-refractivity contribution in [1.29, 1.82) is 0 Å². The van der Waals surface area contributed by atoms with Crippen LogP contribution in [0.25, 0.3) is 11.0 Å². The molecule has 0 spiro atoms. The maximum Gasteiger partial charge on any atom is 0.245 e. The second kappa shape index (κ2) is 6.36. The monoisotopic (exact) mass is 326 g/mol. The lowest BCUT2D eigenvalue weighted by Gasteiger charge is -2.28. The van der Waals surface area contributed by atoms with Gasteiger partial charge in [0.1, 0.15) is 11.9 Å². The van der Waals surface area contributed by atoms with E-state index in [0.717, 1.165) is 42.8 Å². The van der Waals surface area contributed by atoms with Gasteiger partial charge in [-0.15, -0.1) is 0 Å². The van der Waals surface area contributed by atoms with E-state index in [1.54, 1.807) is 13.3 Å². The number of aromatic nitrogens is 2. The molecule has 0 saturated carbocycles. The smallest absolute Gasteiger partial charge is 0.245 e. The molecule has 24 heavy (non-hydrogen) atoms. The van der Waals surface area contributed by atoms with Crippen molar-refractivity contribution >= 4 is 22.8 Å². The zero-order valence-electron chi connectivity index (χ0n) is 13.9. The Bertz CT molecular complexity index is 745. The van der Waals surface area contributed by atoms with Crippen LogP contribution in [0.2, 0.25) is 0 Å². The van der Waals surface area contributed by atoms with Crippen LogP contribution in [0.5, 0.6) is 0 Å². The summed E-state index contributed by atoms with van der Waals surface area (Å²) in [7, 11) is 1.71. The molecule has 126 valence electrons. The lowest BCUT2D eigenvalue weighted by molar-refractivity contribution is -0.131. The Balaban J connectivity index is 1.65. The Labute approximate surface area is 141 Å². The number of ether oxygens (including phenoxy) is 1. The maximum absolute atomic E-state index is 12.9. The van der Waals surface area contributed by atoms with E-state index in [9.17, 15) is 4.79 Å². The van der Waals surface area contributed by atoms with E-state index in [2.05, 4.69) is 9.88 Å². The molecule has 6 heteroatoms. The molecule has 3 heterocycles. The van der Waals surface area contributed by atoms with Crippen LogP contribution in [0.15, 0.2) is 30.5 Å². The van der Waals surface area contributed by atoms with E-state index >= 15 is 0 Å². The lowest BCUT2D eigenvalue weighted by Crippen LogP contribution is -2.45. The van der Waals surface area contributed by atoms with Crippen LogP contribution < -0.4 is 4.90 Å². The van der Waals surface area contributed by atoms with E-state index in [0.29, 0.717) is 13.0 Å². The van der Waals surface area contributed by atoms with Gasteiger partial charge in [0.05, 0.1) is 23.3 Å². The summed E-state index contributed by atoms with van der Waals surface area (Å²) in [6, 6.07) is 7.60. The van der Waals surface area contributed by atoms with Gasteiger partial charge in [-0.1, -0.05) is 12.1 Å². The highest BCUT2D eigenvalue weighted by Crippen LogP contribution is 2.28. The fraction of sp³-hybridized carbons (Fsp3) is 0.500. The summed E-state index contributed by atoms with van der Waals surface area (Å²) < 4.78 is 5.53. The van der Waals surface area contributed by atoms with Crippen molar-refractivity contribution in [2.24, 2.45) is 0 Å². The van der Waals surface area contributed by atoms with Crippen molar-refractivity contribution in [2.45, 2.75) is 31.4 Å². The highest BCUT2D eigenvalue weighted by molar-refractivity contribution is 5.86. The fourth-order valence-corrected chi connectivity index (χ4v) is 3.69. The molecule has 2 atom stereocenters. The van der Waals surface area contributed by atoms with Gasteiger partial charge in [-0.3, -0.25) is 9.78 Å². The summed E-state index contributed by atoms with van der Waals surface area (Å²) in [4.78, 5) is 26.2. The van der Waals surface area contributed by atoms with Crippen molar-refractivity contribution in [3.63, 3.8) is 0 Å². The minimum atomic E-state index is -0.205. The van der Waals surface area contributed by atoms with Gasteiger partial charge >= 0.3 is 0 Å². The average molecular weight is 326 g/mol. The molecular weight excluding hydrogens is 304 g/mol. The predicted octanol–water partition coefficient (Wildman–Crippen LogP) is 1.85. The summed E-state index contributed by atoms with van der Waals surface area (Å²) >= 11 is 0. The molecule has 1 aromatic carbocycles. The molecule has 4 rings (SSSR count). The first-order valence-corrected chi connectivity index (χ1v) is 8.56. The number of carbonyl (C=O) groups is 1. The Morgan fingerprint density at radius 2 is 1.96 bits per heavy atom. The Hall–Kier alpha value is -2.21. The summed E-state index contributed by atoms with van der Waals surface area (Å²) in [5.41, 5.74) is 1.72. The van der Waals surface area contributed by atoms with Crippen molar-refractivity contribution in [1.82, 2.24) is 14.9 Å².